The zero-order valence-electron chi connectivity index (χ0n) is 20.8. The van der Waals surface area contributed by atoms with E-state index < -0.39 is 11.9 Å². The Morgan fingerprint density at radius 3 is 2.54 bits per heavy atom. The number of halogens is 1. The third-order valence-corrected chi connectivity index (χ3v) is 6.75. The minimum absolute atomic E-state index is 0.0238. The van der Waals surface area contributed by atoms with Crippen LogP contribution in [0, 0.1) is 13.8 Å². The number of aryl methyl sites for hydroxylation is 2. The summed E-state index contributed by atoms with van der Waals surface area (Å²) < 4.78 is 17.7. The molecule has 0 fully saturated rings. The van der Waals surface area contributed by atoms with Crippen LogP contribution in [0.25, 0.3) is 11.0 Å². The fraction of sp³-hybridized carbons (Fsp3) is 0.200. The van der Waals surface area contributed by atoms with Crippen LogP contribution in [-0.4, -0.2) is 19.1 Å². The van der Waals surface area contributed by atoms with E-state index in [1.807, 2.05) is 32.9 Å². The van der Waals surface area contributed by atoms with E-state index in [0.29, 0.717) is 52.0 Å². The van der Waals surface area contributed by atoms with E-state index in [0.717, 1.165) is 11.1 Å². The lowest BCUT2D eigenvalue weighted by Crippen LogP contribution is -2.29. The zero-order valence-corrected chi connectivity index (χ0v) is 21.6. The third kappa shape index (κ3) is 4.27. The molecule has 1 aliphatic rings. The average Bonchev–Trinajstić information content (AvgIpc) is 3.17. The van der Waals surface area contributed by atoms with Crippen molar-refractivity contribution >= 4 is 34.2 Å². The Bertz CT molecular complexity index is 1610. The van der Waals surface area contributed by atoms with Crippen LogP contribution in [0.1, 0.15) is 45.8 Å². The van der Waals surface area contributed by atoms with Gasteiger partial charge in [0.2, 0.25) is 5.76 Å². The molecule has 37 heavy (non-hydrogen) atoms. The van der Waals surface area contributed by atoms with E-state index in [1.54, 1.807) is 53.4 Å². The molecule has 0 saturated heterocycles. The molecule has 1 atom stereocenters. The van der Waals surface area contributed by atoms with E-state index in [9.17, 15) is 9.59 Å². The standard InChI is InChI=1S/C30H26ClNO5/c1-5-12-36-23-11-10-19(15-25(23)35-6-2)27-26-28(33)22-13-17(3)18(4)14-24(22)37-29(26)30(34)32(27)21-9-7-8-20(31)16-21/h5,7-11,13-16,27H,1,6,12H2,2-4H3. The molecular weight excluding hydrogens is 490 g/mol. The van der Waals surface area contributed by atoms with Crippen LogP contribution < -0.4 is 19.8 Å². The van der Waals surface area contributed by atoms with Gasteiger partial charge in [-0.05, 0) is 79.9 Å². The molecule has 4 aromatic rings. The number of hydrogen-bond donors (Lipinski definition) is 0. The molecule has 3 aromatic carbocycles. The SMILES string of the molecule is C=CCOc1ccc(C2c3c(oc4cc(C)c(C)cc4c3=O)C(=O)N2c2cccc(Cl)c2)cc1OCC. The molecule has 7 heteroatoms. The van der Waals surface area contributed by atoms with Crippen LogP contribution in [0.5, 0.6) is 11.5 Å². The largest absolute Gasteiger partial charge is 0.490 e. The molecule has 0 aliphatic carbocycles. The molecule has 0 spiro atoms. The lowest BCUT2D eigenvalue weighted by Gasteiger charge is -2.26. The highest BCUT2D eigenvalue weighted by Crippen LogP contribution is 2.44. The van der Waals surface area contributed by atoms with Crippen molar-refractivity contribution in [3.05, 3.63) is 111 Å². The molecule has 0 saturated carbocycles. The number of nitrogens with zero attached hydrogens (tertiary/aromatic N) is 1. The molecule has 1 aromatic heterocycles. The summed E-state index contributed by atoms with van der Waals surface area (Å²) in [7, 11) is 0. The first kappa shape index (κ1) is 24.7. The Morgan fingerprint density at radius 1 is 1.03 bits per heavy atom. The van der Waals surface area contributed by atoms with Gasteiger partial charge in [0.25, 0.3) is 5.91 Å². The van der Waals surface area contributed by atoms with Crippen molar-refractivity contribution in [2.75, 3.05) is 18.1 Å². The van der Waals surface area contributed by atoms with Gasteiger partial charge in [-0.3, -0.25) is 14.5 Å². The van der Waals surface area contributed by atoms with Crippen LogP contribution in [0.4, 0.5) is 5.69 Å². The highest BCUT2D eigenvalue weighted by atomic mass is 35.5. The van der Waals surface area contributed by atoms with Crippen LogP contribution >= 0.6 is 11.6 Å². The summed E-state index contributed by atoms with van der Waals surface area (Å²) in [5.41, 5.74) is 3.59. The predicted molar refractivity (Wildman–Crippen MR) is 145 cm³/mol. The second-order valence-corrected chi connectivity index (χ2v) is 9.34. The van der Waals surface area contributed by atoms with E-state index in [2.05, 4.69) is 6.58 Å². The van der Waals surface area contributed by atoms with Crippen molar-refractivity contribution in [3.63, 3.8) is 0 Å². The first-order valence-corrected chi connectivity index (χ1v) is 12.4. The lowest BCUT2D eigenvalue weighted by molar-refractivity contribution is 0.0971. The second kappa shape index (κ2) is 9.79. The maximum atomic E-state index is 13.9. The Hall–Kier alpha value is -4.03. The van der Waals surface area contributed by atoms with E-state index >= 15 is 0 Å². The minimum atomic E-state index is -0.754. The van der Waals surface area contributed by atoms with Crippen LogP contribution in [0.2, 0.25) is 5.02 Å². The summed E-state index contributed by atoms with van der Waals surface area (Å²) in [5, 5.41) is 0.905. The van der Waals surface area contributed by atoms with E-state index in [-0.39, 0.29) is 16.8 Å². The van der Waals surface area contributed by atoms with Crippen molar-refractivity contribution in [3.8, 4) is 11.5 Å². The summed E-state index contributed by atoms with van der Waals surface area (Å²) in [4.78, 5) is 29.3. The number of ether oxygens (including phenoxy) is 2. The normalized spacial score (nSPS) is 14.6. The lowest BCUT2D eigenvalue weighted by atomic mass is 9.97. The number of hydrogen-bond acceptors (Lipinski definition) is 5. The number of benzene rings is 3. The van der Waals surface area contributed by atoms with Crippen molar-refractivity contribution in [2.24, 2.45) is 0 Å². The van der Waals surface area contributed by atoms with Gasteiger partial charge >= 0.3 is 0 Å². The van der Waals surface area contributed by atoms with Crippen molar-refractivity contribution in [1.82, 2.24) is 0 Å². The molecule has 5 rings (SSSR count). The van der Waals surface area contributed by atoms with Gasteiger partial charge in [0.15, 0.2) is 16.9 Å². The van der Waals surface area contributed by atoms with Crippen molar-refractivity contribution < 1.29 is 18.7 Å². The number of fused-ring (bicyclic) bond motifs is 2. The monoisotopic (exact) mass is 515 g/mol. The first-order chi connectivity index (χ1) is 17.8. The Balaban J connectivity index is 1.78. The molecule has 1 aliphatic heterocycles. The van der Waals surface area contributed by atoms with Gasteiger partial charge < -0.3 is 13.9 Å². The molecule has 188 valence electrons. The summed E-state index contributed by atoms with van der Waals surface area (Å²) in [6, 6.07) is 15.2. The number of carbonyl (C=O) groups is 1. The molecule has 0 bridgehead atoms. The van der Waals surface area contributed by atoms with Gasteiger partial charge in [-0.1, -0.05) is 36.4 Å². The second-order valence-electron chi connectivity index (χ2n) is 8.90. The summed E-state index contributed by atoms with van der Waals surface area (Å²) >= 11 is 6.30. The third-order valence-electron chi connectivity index (χ3n) is 6.51. The van der Waals surface area contributed by atoms with Gasteiger partial charge in [-0.15, -0.1) is 0 Å². The van der Waals surface area contributed by atoms with E-state index in [1.165, 1.54) is 0 Å². The minimum Gasteiger partial charge on any atom is -0.490 e. The number of rotatable bonds is 7. The Labute approximate surface area is 219 Å². The number of carbonyl (C=O) groups excluding carboxylic acids is 1. The number of anilines is 1. The van der Waals surface area contributed by atoms with Crippen molar-refractivity contribution in [2.45, 2.75) is 26.8 Å². The topological polar surface area (TPSA) is 69.0 Å². The Morgan fingerprint density at radius 2 is 1.81 bits per heavy atom. The quantitative estimate of drug-likeness (QED) is 0.254. The molecular formula is C30H26ClNO5. The van der Waals surface area contributed by atoms with Gasteiger partial charge in [-0.25, -0.2) is 0 Å². The smallest absolute Gasteiger partial charge is 0.295 e. The molecule has 1 unspecified atom stereocenters. The predicted octanol–water partition coefficient (Wildman–Crippen LogP) is 6.78. The average molecular weight is 516 g/mol. The zero-order chi connectivity index (χ0) is 26.3. The molecule has 6 nitrogen and oxygen atoms in total. The fourth-order valence-electron chi connectivity index (χ4n) is 4.67. The molecule has 1 amide bonds. The van der Waals surface area contributed by atoms with Crippen LogP contribution in [0.3, 0.4) is 0 Å². The van der Waals surface area contributed by atoms with Gasteiger partial charge in [0.1, 0.15) is 12.2 Å². The van der Waals surface area contributed by atoms with Crippen molar-refractivity contribution in [1.29, 1.82) is 0 Å². The number of amides is 1. The summed E-state index contributed by atoms with van der Waals surface area (Å²) in [5.74, 6) is 0.659. The van der Waals surface area contributed by atoms with Gasteiger partial charge in [0, 0.05) is 10.7 Å². The van der Waals surface area contributed by atoms with Crippen LogP contribution in [0.15, 0.2) is 76.5 Å². The van der Waals surface area contributed by atoms with Gasteiger partial charge in [0.05, 0.1) is 23.6 Å². The highest BCUT2D eigenvalue weighted by Gasteiger charge is 2.44. The maximum Gasteiger partial charge on any atom is 0.295 e. The van der Waals surface area contributed by atoms with Crippen LogP contribution in [-0.2, 0) is 0 Å². The summed E-state index contributed by atoms with van der Waals surface area (Å²) in [6.45, 7) is 10.2. The molecule has 0 radical (unpaired) electrons. The molecule has 0 N–H and O–H groups in total. The first-order valence-electron chi connectivity index (χ1n) is 12.0. The fourth-order valence-corrected chi connectivity index (χ4v) is 4.85. The Kier molecular flexibility index (Phi) is 6.52. The van der Waals surface area contributed by atoms with E-state index in [4.69, 9.17) is 25.5 Å². The highest BCUT2D eigenvalue weighted by molar-refractivity contribution is 6.31. The maximum absolute atomic E-state index is 13.9. The van der Waals surface area contributed by atoms with Gasteiger partial charge in [-0.2, -0.15) is 0 Å². The molecule has 2 heterocycles. The summed E-state index contributed by atoms with van der Waals surface area (Å²) in [6.07, 6.45) is 1.65.